The van der Waals surface area contributed by atoms with E-state index in [0.717, 1.165) is 19.0 Å². The van der Waals surface area contributed by atoms with Crippen molar-refractivity contribution < 1.29 is 4.79 Å². The molecule has 6 heteroatoms. The highest BCUT2D eigenvalue weighted by Crippen LogP contribution is 2.42. The molecule has 1 amide bonds. The first kappa shape index (κ1) is 12.4. The molecule has 0 saturated carbocycles. The second kappa shape index (κ2) is 4.66. The predicted octanol–water partition coefficient (Wildman–Crippen LogP) is 3.16. The Morgan fingerprint density at radius 1 is 1.31 bits per heavy atom. The number of nitrogen functional groups attached to an aromatic ring is 1. The molecule has 0 bridgehead atoms. The maximum absolute atomic E-state index is 11.2. The van der Waals surface area contributed by atoms with Gasteiger partial charge in [-0.1, -0.05) is 15.9 Å². The number of nitrogens with two attached hydrogens (primary N) is 1. The summed E-state index contributed by atoms with van der Waals surface area (Å²) in [5.41, 5.74) is 7.65. The van der Waals surface area contributed by atoms with Crippen molar-refractivity contribution in [1.29, 1.82) is 0 Å². The fourth-order valence-corrected chi connectivity index (χ4v) is 4.57. The lowest BCUT2D eigenvalue weighted by molar-refractivity contribution is -0.119. The molecule has 1 aliphatic heterocycles. The molecule has 1 heterocycles. The van der Waals surface area contributed by atoms with Crippen molar-refractivity contribution >= 4 is 59.4 Å². The summed E-state index contributed by atoms with van der Waals surface area (Å²) in [7, 11) is 0. The van der Waals surface area contributed by atoms with E-state index in [2.05, 4.69) is 53.1 Å². The largest absolute Gasteiger partial charge is 0.397 e. The molecule has 0 radical (unpaired) electrons. The van der Waals surface area contributed by atoms with Gasteiger partial charge in [0.1, 0.15) is 0 Å². The van der Waals surface area contributed by atoms with Crippen molar-refractivity contribution in [3.8, 4) is 0 Å². The molecule has 0 spiro atoms. The molecule has 16 heavy (non-hydrogen) atoms. The van der Waals surface area contributed by atoms with E-state index in [-0.39, 0.29) is 11.8 Å². The van der Waals surface area contributed by atoms with Crippen LogP contribution in [0.2, 0.25) is 0 Å². The summed E-state index contributed by atoms with van der Waals surface area (Å²) < 4.78 is 2.66. The Kier molecular flexibility index (Phi) is 3.61. The summed E-state index contributed by atoms with van der Waals surface area (Å²) in [6.07, 6.45) is 0.512. The summed E-state index contributed by atoms with van der Waals surface area (Å²) in [5, 5.41) is 2.82. The third kappa shape index (κ3) is 2.15. The van der Waals surface area contributed by atoms with Crippen LogP contribution in [0.15, 0.2) is 19.5 Å². The number of halogens is 3. The van der Waals surface area contributed by atoms with E-state index < -0.39 is 0 Å². The number of carbonyl (C=O) groups is 1. The smallest absolute Gasteiger partial charge is 0.220 e. The Bertz CT molecular complexity index is 462. The molecular weight excluding hydrogens is 404 g/mol. The third-order valence-electron chi connectivity index (χ3n) is 2.63. The van der Waals surface area contributed by atoms with E-state index >= 15 is 0 Å². The van der Waals surface area contributed by atoms with Crippen LogP contribution in [0, 0.1) is 0 Å². The Morgan fingerprint density at radius 3 is 2.56 bits per heavy atom. The summed E-state index contributed by atoms with van der Waals surface area (Å²) in [6, 6.07) is 1.91. The summed E-state index contributed by atoms with van der Waals surface area (Å²) in [5.74, 6) is 0.261. The van der Waals surface area contributed by atoms with Crippen molar-refractivity contribution in [2.45, 2.75) is 12.3 Å². The zero-order chi connectivity index (χ0) is 11.9. The quantitative estimate of drug-likeness (QED) is 0.696. The first-order chi connectivity index (χ1) is 7.50. The van der Waals surface area contributed by atoms with Gasteiger partial charge < -0.3 is 11.1 Å². The van der Waals surface area contributed by atoms with E-state index in [1.54, 1.807) is 0 Å². The molecule has 1 fully saturated rings. The van der Waals surface area contributed by atoms with Crippen LogP contribution in [0.25, 0.3) is 0 Å². The van der Waals surface area contributed by atoms with Gasteiger partial charge in [-0.05, 0) is 43.5 Å². The van der Waals surface area contributed by atoms with Gasteiger partial charge in [-0.2, -0.15) is 0 Å². The van der Waals surface area contributed by atoms with Crippen LogP contribution in [-0.2, 0) is 4.79 Å². The number of amides is 1. The lowest BCUT2D eigenvalue weighted by atomic mass is 9.98. The van der Waals surface area contributed by atoms with Crippen LogP contribution in [-0.4, -0.2) is 12.5 Å². The predicted molar refractivity (Wildman–Crippen MR) is 74.3 cm³/mol. The van der Waals surface area contributed by atoms with Crippen LogP contribution < -0.4 is 11.1 Å². The molecule has 3 N–H and O–H groups in total. The monoisotopic (exact) mass is 410 g/mol. The first-order valence-electron chi connectivity index (χ1n) is 4.70. The number of rotatable bonds is 1. The molecule has 1 aliphatic rings. The molecule has 1 saturated heterocycles. The zero-order valence-corrected chi connectivity index (χ0v) is 12.9. The number of hydrogen-bond acceptors (Lipinski definition) is 2. The molecule has 0 aliphatic carbocycles. The van der Waals surface area contributed by atoms with Crippen molar-refractivity contribution in [3.63, 3.8) is 0 Å². The lowest BCUT2D eigenvalue weighted by Crippen LogP contribution is -2.13. The minimum Gasteiger partial charge on any atom is -0.397 e. The van der Waals surface area contributed by atoms with Crippen LogP contribution in [0.3, 0.4) is 0 Å². The molecule has 2 rings (SSSR count). The van der Waals surface area contributed by atoms with E-state index in [9.17, 15) is 4.79 Å². The van der Waals surface area contributed by atoms with Gasteiger partial charge in [0.2, 0.25) is 5.91 Å². The van der Waals surface area contributed by atoms with Crippen molar-refractivity contribution in [1.82, 2.24) is 5.32 Å². The van der Waals surface area contributed by atoms with E-state index in [1.807, 2.05) is 6.07 Å². The van der Waals surface area contributed by atoms with E-state index in [1.165, 1.54) is 0 Å². The molecule has 86 valence electrons. The molecule has 1 atom stereocenters. The number of hydrogen-bond donors (Lipinski definition) is 2. The van der Waals surface area contributed by atoms with Crippen molar-refractivity contribution in [2.75, 3.05) is 12.3 Å². The zero-order valence-electron chi connectivity index (χ0n) is 8.19. The van der Waals surface area contributed by atoms with Crippen molar-refractivity contribution in [2.24, 2.45) is 0 Å². The molecule has 1 unspecified atom stereocenters. The maximum Gasteiger partial charge on any atom is 0.220 e. The van der Waals surface area contributed by atoms with Gasteiger partial charge >= 0.3 is 0 Å². The lowest BCUT2D eigenvalue weighted by Gasteiger charge is -2.15. The molecular formula is C10H9Br3N2O. The van der Waals surface area contributed by atoms with Crippen LogP contribution >= 0.6 is 47.8 Å². The highest BCUT2D eigenvalue weighted by Gasteiger charge is 2.27. The highest BCUT2D eigenvalue weighted by molar-refractivity contribution is 9.11. The Balaban J connectivity index is 2.48. The number of anilines is 1. The topological polar surface area (TPSA) is 55.1 Å². The van der Waals surface area contributed by atoms with E-state index in [0.29, 0.717) is 18.7 Å². The first-order valence-corrected chi connectivity index (χ1v) is 7.08. The SMILES string of the molecule is Nc1c(Br)cc(Br)c(C2CNC(=O)C2)c1Br. The van der Waals surface area contributed by atoms with Crippen LogP contribution in [0.1, 0.15) is 17.9 Å². The number of nitrogens with one attached hydrogen (secondary N) is 1. The second-order valence-electron chi connectivity index (χ2n) is 3.69. The fraction of sp³-hybridized carbons (Fsp3) is 0.300. The van der Waals surface area contributed by atoms with E-state index in [4.69, 9.17) is 5.73 Å². The standard InChI is InChI=1S/C10H9Br3N2O/c11-5-2-6(12)10(14)9(13)8(5)4-1-7(16)15-3-4/h2,4H,1,3,14H2,(H,15,16). The van der Waals surface area contributed by atoms with Gasteiger partial charge in [0.25, 0.3) is 0 Å². The highest BCUT2D eigenvalue weighted by atomic mass is 79.9. The van der Waals surface area contributed by atoms with Crippen LogP contribution in [0.4, 0.5) is 5.69 Å². The van der Waals surface area contributed by atoms with Gasteiger partial charge in [-0.25, -0.2) is 0 Å². The Hall–Kier alpha value is -0.0700. The molecule has 0 aromatic heterocycles. The van der Waals surface area contributed by atoms with Crippen molar-refractivity contribution in [3.05, 3.63) is 25.0 Å². The minimum absolute atomic E-state index is 0.0882. The summed E-state index contributed by atoms with van der Waals surface area (Å²) >= 11 is 10.4. The number of carbonyl (C=O) groups excluding carboxylic acids is 1. The fourth-order valence-electron chi connectivity index (χ4n) is 1.81. The average molecular weight is 413 g/mol. The Labute approximate surface area is 119 Å². The third-order valence-corrected chi connectivity index (χ3v) is 4.79. The maximum atomic E-state index is 11.2. The van der Waals surface area contributed by atoms with Gasteiger partial charge in [0.05, 0.1) is 5.69 Å². The Morgan fingerprint density at radius 2 is 2.00 bits per heavy atom. The molecule has 1 aromatic carbocycles. The molecule has 1 aromatic rings. The molecule has 3 nitrogen and oxygen atoms in total. The number of benzene rings is 1. The van der Waals surface area contributed by atoms with Gasteiger partial charge in [-0.15, -0.1) is 0 Å². The van der Waals surface area contributed by atoms with Gasteiger partial charge in [0.15, 0.2) is 0 Å². The normalized spacial score (nSPS) is 19.9. The summed E-state index contributed by atoms with van der Waals surface area (Å²) in [6.45, 7) is 0.664. The average Bonchev–Trinajstić information content (AvgIpc) is 2.61. The minimum atomic E-state index is 0.0882. The second-order valence-corrected chi connectivity index (χ2v) is 6.19. The van der Waals surface area contributed by atoms with Gasteiger partial charge in [0, 0.05) is 32.3 Å². The summed E-state index contributed by atoms with van der Waals surface area (Å²) in [4.78, 5) is 11.2. The van der Waals surface area contributed by atoms with Gasteiger partial charge in [-0.3, -0.25) is 4.79 Å². The van der Waals surface area contributed by atoms with Crippen LogP contribution in [0.5, 0.6) is 0 Å².